The molecule has 0 N–H and O–H groups in total. The minimum Gasteiger partial charge on any atom is -0.457 e. The lowest BCUT2D eigenvalue weighted by atomic mass is 10.2. The second-order valence-corrected chi connectivity index (χ2v) is 9.01. The van der Waals surface area contributed by atoms with Gasteiger partial charge < -0.3 is 9.47 Å². The lowest BCUT2D eigenvalue weighted by Gasteiger charge is -2.25. The van der Waals surface area contributed by atoms with E-state index in [4.69, 9.17) is 9.47 Å². The predicted molar refractivity (Wildman–Crippen MR) is 123 cm³/mol. The van der Waals surface area contributed by atoms with Crippen LogP contribution in [0.2, 0.25) is 0 Å². The molecular weight excluding hydrogens is 483 g/mol. The highest BCUT2D eigenvalue weighted by Crippen LogP contribution is 2.34. The number of pyridine rings is 2. The van der Waals surface area contributed by atoms with Crippen molar-refractivity contribution in [3.05, 3.63) is 103 Å². The van der Waals surface area contributed by atoms with E-state index in [9.17, 15) is 21.6 Å². The fourth-order valence-electron chi connectivity index (χ4n) is 3.02. The molecule has 35 heavy (non-hydrogen) atoms. The molecule has 0 fully saturated rings. The molecule has 2 heterocycles. The Labute approximate surface area is 199 Å². The first-order valence-electron chi connectivity index (χ1n) is 10.2. The van der Waals surface area contributed by atoms with Gasteiger partial charge in [0.25, 0.3) is 0 Å². The van der Waals surface area contributed by atoms with Crippen LogP contribution in [0, 0.1) is 0 Å². The summed E-state index contributed by atoms with van der Waals surface area (Å²) in [5.74, 6) is 1.72. The van der Waals surface area contributed by atoms with Crippen LogP contribution >= 0.6 is 0 Å². The van der Waals surface area contributed by atoms with Gasteiger partial charge in [0.15, 0.2) is 0 Å². The van der Waals surface area contributed by atoms with Gasteiger partial charge in [-0.15, -0.1) is 0 Å². The number of anilines is 1. The van der Waals surface area contributed by atoms with E-state index in [1.165, 1.54) is 48.8 Å². The van der Waals surface area contributed by atoms with Gasteiger partial charge in [-0.3, -0.25) is 9.29 Å². The Morgan fingerprint density at radius 1 is 0.771 bits per heavy atom. The number of sulfonamides is 1. The van der Waals surface area contributed by atoms with Crippen molar-refractivity contribution in [2.45, 2.75) is 12.1 Å². The van der Waals surface area contributed by atoms with E-state index < -0.39 is 22.1 Å². The van der Waals surface area contributed by atoms with E-state index in [2.05, 4.69) is 9.97 Å². The molecule has 7 nitrogen and oxygen atoms in total. The fraction of sp³-hybridized carbons (Fsp3) is 0.0833. The molecular formula is C24H18F3N3O4S. The monoisotopic (exact) mass is 501 g/mol. The highest BCUT2D eigenvalue weighted by atomic mass is 32.2. The Bertz CT molecular complexity index is 1350. The lowest BCUT2D eigenvalue weighted by molar-refractivity contribution is -0.0438. The molecule has 0 spiro atoms. The van der Waals surface area contributed by atoms with Crippen molar-refractivity contribution >= 4 is 15.7 Å². The minimum absolute atomic E-state index is 0.169. The maximum Gasteiger partial charge on any atom is 0.516 e. The molecule has 4 rings (SSSR count). The highest BCUT2D eigenvalue weighted by Gasteiger charge is 2.50. The van der Waals surface area contributed by atoms with Crippen molar-refractivity contribution in [2.75, 3.05) is 4.31 Å². The number of hydrogen-bond donors (Lipinski definition) is 0. The Morgan fingerprint density at radius 2 is 1.40 bits per heavy atom. The molecule has 0 aliphatic rings. The minimum atomic E-state index is -5.65. The van der Waals surface area contributed by atoms with Gasteiger partial charge in [0.1, 0.15) is 17.2 Å². The van der Waals surface area contributed by atoms with E-state index in [1.54, 1.807) is 48.7 Å². The number of nitrogens with zero attached hydrogens (tertiary/aromatic N) is 3. The number of aromatic nitrogens is 2. The van der Waals surface area contributed by atoms with Crippen molar-refractivity contribution in [2.24, 2.45) is 0 Å². The molecule has 0 bridgehead atoms. The quantitative estimate of drug-likeness (QED) is 0.298. The summed E-state index contributed by atoms with van der Waals surface area (Å²) < 4.78 is 76.0. The Balaban J connectivity index is 1.50. The van der Waals surface area contributed by atoms with Crippen molar-refractivity contribution in [1.82, 2.24) is 9.97 Å². The summed E-state index contributed by atoms with van der Waals surface area (Å²) in [6.07, 6.45) is 4.35. The van der Waals surface area contributed by atoms with Gasteiger partial charge in [-0.05, 0) is 66.2 Å². The van der Waals surface area contributed by atoms with Crippen LogP contribution < -0.4 is 13.8 Å². The van der Waals surface area contributed by atoms with Crippen LogP contribution in [0.3, 0.4) is 0 Å². The molecule has 0 unspecified atom stereocenters. The molecule has 180 valence electrons. The van der Waals surface area contributed by atoms with Crippen LogP contribution in [-0.4, -0.2) is 23.9 Å². The molecule has 0 saturated carbocycles. The zero-order valence-corrected chi connectivity index (χ0v) is 18.8. The molecule has 0 amide bonds. The van der Waals surface area contributed by atoms with Crippen molar-refractivity contribution in [3.63, 3.8) is 0 Å². The average molecular weight is 501 g/mol. The van der Waals surface area contributed by atoms with Crippen LogP contribution in [0.5, 0.6) is 23.1 Å². The van der Waals surface area contributed by atoms with Crippen LogP contribution in [0.25, 0.3) is 0 Å². The number of benzene rings is 2. The summed E-state index contributed by atoms with van der Waals surface area (Å²) in [6, 6.07) is 20.2. The zero-order chi connectivity index (χ0) is 24.9. The maximum atomic E-state index is 13.3. The molecule has 11 heteroatoms. The third-order valence-corrected chi connectivity index (χ3v) is 6.18. The first-order chi connectivity index (χ1) is 16.7. The maximum absolute atomic E-state index is 13.3. The second-order valence-electron chi connectivity index (χ2n) is 7.16. The van der Waals surface area contributed by atoms with Gasteiger partial charge in [0.05, 0.1) is 12.2 Å². The first-order valence-corrected chi connectivity index (χ1v) is 11.6. The Morgan fingerprint density at radius 3 is 1.94 bits per heavy atom. The van der Waals surface area contributed by atoms with Gasteiger partial charge in [0, 0.05) is 24.7 Å². The predicted octanol–water partition coefficient (Wildman–Crippen LogP) is 5.92. The van der Waals surface area contributed by atoms with E-state index in [-0.39, 0.29) is 9.99 Å². The zero-order valence-electron chi connectivity index (χ0n) is 18.0. The summed E-state index contributed by atoms with van der Waals surface area (Å²) in [5, 5.41) is 0. The topological polar surface area (TPSA) is 81.6 Å². The van der Waals surface area contributed by atoms with E-state index in [1.807, 2.05) is 0 Å². The van der Waals surface area contributed by atoms with Crippen LogP contribution in [0.15, 0.2) is 97.5 Å². The van der Waals surface area contributed by atoms with E-state index in [0.29, 0.717) is 28.7 Å². The van der Waals surface area contributed by atoms with Crippen molar-refractivity contribution < 1.29 is 31.1 Å². The summed E-state index contributed by atoms with van der Waals surface area (Å²) >= 11 is 0. The summed E-state index contributed by atoms with van der Waals surface area (Å²) in [6.45, 7) is -0.534. The first kappa shape index (κ1) is 24.0. The van der Waals surface area contributed by atoms with E-state index >= 15 is 0 Å². The standard InChI is InChI=1S/C24H18F3N3O4S/c25-24(26,27)35(31,32)30(17-18-4-3-14-28-16-18)19-6-8-20(9-7-19)33-21-10-12-22(13-11-21)34-23-5-1-2-15-29-23/h1-16H,17H2. The molecule has 0 aliphatic heterocycles. The molecule has 0 aliphatic carbocycles. The molecule has 2 aromatic carbocycles. The summed E-state index contributed by atoms with van der Waals surface area (Å²) in [5.41, 5.74) is -5.34. The van der Waals surface area contributed by atoms with Crippen LogP contribution in [0.4, 0.5) is 18.9 Å². The van der Waals surface area contributed by atoms with Gasteiger partial charge in [-0.1, -0.05) is 12.1 Å². The third kappa shape index (κ3) is 5.87. The molecule has 0 saturated heterocycles. The number of ether oxygens (including phenoxy) is 2. The van der Waals surface area contributed by atoms with E-state index in [0.717, 1.165) is 0 Å². The van der Waals surface area contributed by atoms with Crippen LogP contribution in [0.1, 0.15) is 5.56 Å². The Kier molecular flexibility index (Phi) is 6.87. The molecule has 4 aromatic rings. The van der Waals surface area contributed by atoms with Crippen molar-refractivity contribution in [1.29, 1.82) is 0 Å². The van der Waals surface area contributed by atoms with Gasteiger partial charge in [0.2, 0.25) is 5.88 Å². The highest BCUT2D eigenvalue weighted by molar-refractivity contribution is 7.93. The SMILES string of the molecule is O=S(=O)(N(Cc1cccnc1)c1ccc(Oc2ccc(Oc3ccccn3)cc2)cc1)C(F)(F)F. The fourth-order valence-corrected chi connectivity index (χ4v) is 3.99. The largest absolute Gasteiger partial charge is 0.516 e. The van der Waals surface area contributed by atoms with Crippen LogP contribution in [-0.2, 0) is 16.6 Å². The normalized spacial score (nSPS) is 11.6. The summed E-state index contributed by atoms with van der Waals surface area (Å²) in [4.78, 5) is 7.90. The number of hydrogen-bond acceptors (Lipinski definition) is 6. The second kappa shape index (κ2) is 10.0. The smallest absolute Gasteiger partial charge is 0.457 e. The summed E-state index contributed by atoms with van der Waals surface area (Å²) in [7, 11) is -5.65. The number of halogens is 3. The third-order valence-electron chi connectivity index (χ3n) is 4.68. The van der Waals surface area contributed by atoms with Gasteiger partial charge >= 0.3 is 15.5 Å². The molecule has 0 radical (unpaired) electrons. The molecule has 0 atom stereocenters. The number of rotatable bonds is 8. The average Bonchev–Trinajstić information content (AvgIpc) is 2.85. The lowest BCUT2D eigenvalue weighted by Crippen LogP contribution is -2.40. The molecule has 2 aromatic heterocycles. The van der Waals surface area contributed by atoms with Crippen molar-refractivity contribution in [3.8, 4) is 23.1 Å². The number of alkyl halides is 3. The Hall–Kier alpha value is -4.12. The van der Waals surface area contributed by atoms with Gasteiger partial charge in [-0.2, -0.15) is 21.6 Å². The van der Waals surface area contributed by atoms with Gasteiger partial charge in [-0.25, -0.2) is 4.98 Å².